The molecule has 0 spiro atoms. The van der Waals surface area contributed by atoms with Gasteiger partial charge in [0.25, 0.3) is 0 Å². The minimum absolute atomic E-state index is 0. The third-order valence-corrected chi connectivity index (χ3v) is 11.8. The van der Waals surface area contributed by atoms with Gasteiger partial charge in [0.2, 0.25) is 16.0 Å². The molecule has 364 valence electrons. The average molecular weight is 1040 g/mol. The summed E-state index contributed by atoms with van der Waals surface area (Å²) in [6, 6.07) is 29.3. The number of rotatable bonds is 11. The van der Waals surface area contributed by atoms with Crippen molar-refractivity contribution >= 4 is 92.1 Å². The van der Waals surface area contributed by atoms with E-state index in [1.807, 2.05) is 26.8 Å². The van der Waals surface area contributed by atoms with Gasteiger partial charge in [-0.05, 0) is 112 Å². The Balaban J connectivity index is 0.000000208. The van der Waals surface area contributed by atoms with Gasteiger partial charge in [0.1, 0.15) is 11.5 Å². The topological polar surface area (TPSA) is 340 Å². The number of nitrogens with zero attached hydrogens (tertiary/aromatic N) is 9. The molecular formula is C48H46CaN13O8S2+. The van der Waals surface area contributed by atoms with Gasteiger partial charge >= 0.3 is 37.7 Å². The van der Waals surface area contributed by atoms with Gasteiger partial charge < -0.3 is 45.5 Å². The number of nitrogen functional groups attached to an aromatic ring is 2. The quantitative estimate of drug-likeness (QED) is 0.0507. The summed E-state index contributed by atoms with van der Waals surface area (Å²) in [6.07, 6.45) is 8.28. The van der Waals surface area contributed by atoms with E-state index < -0.39 is 31.2 Å². The third-order valence-electron chi connectivity index (χ3n) is 10.9. The fourth-order valence-corrected chi connectivity index (χ4v) is 8.46. The number of anilines is 3. The second-order valence-electron chi connectivity index (χ2n) is 16.0. The molecule has 9 rings (SSSR count). The summed E-state index contributed by atoms with van der Waals surface area (Å²) in [6.45, 7) is 7.29. The van der Waals surface area contributed by atoms with Gasteiger partial charge in [-0.15, -0.1) is 6.01 Å². The van der Waals surface area contributed by atoms with Gasteiger partial charge in [-0.25, -0.2) is 21.8 Å². The standard InChI is InChI=1S/C24H22N6O4S.C22H21N5O2.C2H3N2O2S.Ca/c1-14-21(15(2)34-29-14)16-12-17(22-18(13-16)27-23(28-22)30-35(3,32)33)24(31,19-8-4-6-10-25-19)20-9-5-7-11-26-20;1-13-20(14(2)29-27-13)15-11-16(21(24)17(23)12-15)22(28,18-7-3-5-9-25-18)19-8-4-6-10-26-19;1-7(5,6)4-2-3;/h4-13,31H,1-3H3,(H2,27,28,30);3-12,28H,23-24H2,1-2H3;1H3;/q;;-1;+2. The number of sulfonamides is 2. The molecule has 0 atom stereocenters. The third kappa shape index (κ3) is 11.6. The monoisotopic (exact) mass is 1040 g/mol. The minimum atomic E-state index is -3.60. The van der Waals surface area contributed by atoms with Crippen LogP contribution in [0.25, 0.3) is 38.7 Å². The maximum atomic E-state index is 12.4. The van der Waals surface area contributed by atoms with Crippen LogP contribution in [0.4, 0.5) is 17.3 Å². The zero-order chi connectivity index (χ0) is 51.3. The van der Waals surface area contributed by atoms with E-state index in [9.17, 15) is 27.0 Å². The number of pyridine rings is 4. The van der Waals surface area contributed by atoms with E-state index in [0.717, 1.165) is 40.9 Å². The van der Waals surface area contributed by atoms with Gasteiger partial charge in [0.05, 0.1) is 62.8 Å². The molecular weight excluding hydrogens is 991 g/mol. The molecule has 0 bridgehead atoms. The Hall–Kier alpha value is -7.21. The van der Waals surface area contributed by atoms with Gasteiger partial charge in [0, 0.05) is 53.3 Å². The normalized spacial score (nSPS) is 11.6. The van der Waals surface area contributed by atoms with Crippen LogP contribution in [0.15, 0.2) is 135 Å². The predicted octanol–water partition coefficient (Wildman–Crippen LogP) is 5.79. The Kier molecular flexibility index (Phi) is 16.6. The molecule has 0 saturated carbocycles. The number of fused-ring (bicyclic) bond motifs is 1. The summed E-state index contributed by atoms with van der Waals surface area (Å²) < 4.78 is 59.0. The predicted molar refractivity (Wildman–Crippen MR) is 272 cm³/mol. The Morgan fingerprint density at radius 3 is 1.43 bits per heavy atom. The first-order valence-electron chi connectivity index (χ1n) is 21.2. The van der Waals surface area contributed by atoms with E-state index in [1.165, 1.54) is 0 Å². The summed E-state index contributed by atoms with van der Waals surface area (Å²) in [4.78, 5) is 25.1. The van der Waals surface area contributed by atoms with Crippen molar-refractivity contribution in [1.82, 2.24) is 40.2 Å². The van der Waals surface area contributed by atoms with Crippen molar-refractivity contribution in [2.45, 2.75) is 38.9 Å². The molecule has 0 aliphatic rings. The van der Waals surface area contributed by atoms with Crippen LogP contribution in [0.1, 0.15) is 56.8 Å². The SMILES string of the molecule is CS(=O)(=O)N=C=[N-].Cc1noc(C)c1-c1cc(C(O)(c2ccccn2)c2ccccn2)c2nc(NS(C)(=O)=O)[nH]c2c1.Cc1noc(C)c1-c1cc(N)c(N)c(C(O)(c2ccccn2)c2ccccn2)c1.[Ca+2]. The molecule has 0 aliphatic carbocycles. The molecule has 72 heavy (non-hydrogen) atoms. The van der Waals surface area contributed by atoms with Crippen molar-refractivity contribution in [3.8, 4) is 22.3 Å². The summed E-state index contributed by atoms with van der Waals surface area (Å²) in [7, 11) is -7.01. The first kappa shape index (κ1) is 54.1. The van der Waals surface area contributed by atoms with Crippen molar-refractivity contribution < 1.29 is 36.1 Å². The zero-order valence-electron chi connectivity index (χ0n) is 39.6. The van der Waals surface area contributed by atoms with Gasteiger partial charge in [-0.2, -0.15) is 0 Å². The second-order valence-corrected chi connectivity index (χ2v) is 19.4. The molecule has 2 aromatic carbocycles. The summed E-state index contributed by atoms with van der Waals surface area (Å²) in [5.41, 5.74) is 17.1. The summed E-state index contributed by atoms with van der Waals surface area (Å²) >= 11 is 0. The van der Waals surface area contributed by atoms with E-state index in [0.29, 0.717) is 73.4 Å². The number of nitrogens with two attached hydrogens (primary N) is 2. The number of benzene rings is 2. The summed E-state index contributed by atoms with van der Waals surface area (Å²) in [5, 5.41) is 40.0. The molecule has 0 saturated heterocycles. The number of aromatic amines is 1. The van der Waals surface area contributed by atoms with Crippen molar-refractivity contribution in [3.05, 3.63) is 184 Å². The molecule has 24 heteroatoms. The fraction of sp³-hybridized carbons (Fsp3) is 0.167. The number of aromatic nitrogens is 8. The molecule has 7 aromatic heterocycles. The Morgan fingerprint density at radius 1 is 0.667 bits per heavy atom. The first-order chi connectivity index (χ1) is 33.6. The van der Waals surface area contributed by atoms with Crippen LogP contribution in [0.5, 0.6) is 0 Å². The van der Waals surface area contributed by atoms with Crippen LogP contribution >= 0.6 is 0 Å². The second kappa shape index (κ2) is 22.1. The summed E-state index contributed by atoms with van der Waals surface area (Å²) in [5.74, 6) is 1.27. The van der Waals surface area contributed by atoms with E-state index in [-0.39, 0.29) is 49.4 Å². The molecule has 0 amide bonds. The van der Waals surface area contributed by atoms with Crippen LogP contribution in [0, 0.1) is 27.7 Å². The van der Waals surface area contributed by atoms with Crippen LogP contribution in [0.2, 0.25) is 0 Å². The van der Waals surface area contributed by atoms with Crippen molar-refractivity contribution in [3.63, 3.8) is 0 Å². The average Bonchev–Trinajstić information content (AvgIpc) is 4.02. The fourth-order valence-electron chi connectivity index (χ4n) is 7.87. The number of nitrogens with one attached hydrogen (secondary N) is 2. The van der Waals surface area contributed by atoms with Crippen LogP contribution < -0.4 is 16.2 Å². The molecule has 0 aliphatic heterocycles. The van der Waals surface area contributed by atoms with Crippen molar-refractivity contribution in [2.24, 2.45) is 4.40 Å². The molecule has 9 aromatic rings. The number of imidazole rings is 1. The number of hydrogen-bond donors (Lipinski definition) is 6. The largest absolute Gasteiger partial charge is 2.00 e. The van der Waals surface area contributed by atoms with E-state index in [2.05, 4.69) is 49.3 Å². The number of H-pyrrole nitrogens is 1. The zero-order valence-corrected chi connectivity index (χ0v) is 43.4. The first-order valence-corrected chi connectivity index (χ1v) is 24.9. The maximum Gasteiger partial charge on any atom is 2.00 e. The van der Waals surface area contributed by atoms with Crippen LogP contribution in [-0.4, -0.2) is 124 Å². The van der Waals surface area contributed by atoms with Crippen LogP contribution in [0.3, 0.4) is 0 Å². The molecule has 21 nitrogen and oxygen atoms in total. The van der Waals surface area contributed by atoms with E-state index in [4.69, 9.17) is 25.9 Å². The molecule has 0 unspecified atom stereocenters. The Labute approximate surface area is 443 Å². The molecule has 0 fully saturated rings. The van der Waals surface area contributed by atoms with Crippen molar-refractivity contribution in [2.75, 3.05) is 28.7 Å². The number of aryl methyl sites for hydroxylation is 4. The Bertz CT molecular complexity index is 3510. The van der Waals surface area contributed by atoms with Gasteiger partial charge in [-0.3, -0.25) is 24.7 Å². The maximum absolute atomic E-state index is 12.4. The van der Waals surface area contributed by atoms with Gasteiger partial charge in [0.15, 0.2) is 21.2 Å². The smallest absolute Gasteiger partial charge is 0.422 e. The minimum Gasteiger partial charge on any atom is -0.422 e. The van der Waals surface area contributed by atoms with Crippen LogP contribution in [-0.2, 0) is 31.2 Å². The molecule has 7 heterocycles. The Morgan fingerprint density at radius 2 is 1.08 bits per heavy atom. The van der Waals surface area contributed by atoms with E-state index in [1.54, 1.807) is 123 Å². The molecule has 0 radical (unpaired) electrons. The van der Waals surface area contributed by atoms with Gasteiger partial charge in [-0.1, -0.05) is 34.6 Å². The number of hydrogen-bond acceptors (Lipinski definition) is 17. The number of aliphatic hydroxyl groups is 2. The van der Waals surface area contributed by atoms with Crippen molar-refractivity contribution in [1.29, 1.82) is 0 Å². The molecule has 8 N–H and O–H groups in total. The van der Waals surface area contributed by atoms with E-state index >= 15 is 0 Å².